The Bertz CT molecular complexity index is 1080. The summed E-state index contributed by atoms with van der Waals surface area (Å²) in [6.45, 7) is 9.75. The zero-order valence-corrected chi connectivity index (χ0v) is 16.0. The second-order valence-electron chi connectivity index (χ2n) is 7.15. The molecule has 4 rings (SSSR count). The van der Waals surface area contributed by atoms with E-state index in [1.54, 1.807) is 31.5 Å². The van der Waals surface area contributed by atoms with Crippen molar-refractivity contribution >= 4 is 34.2 Å². The lowest BCUT2D eigenvalue weighted by Gasteiger charge is -2.24. The van der Waals surface area contributed by atoms with Crippen LogP contribution in [0.5, 0.6) is 0 Å². The van der Waals surface area contributed by atoms with E-state index in [-0.39, 0.29) is 17.9 Å². The normalized spacial score (nSPS) is 14.6. The molecule has 0 bridgehead atoms. The van der Waals surface area contributed by atoms with E-state index >= 15 is 0 Å². The third kappa shape index (κ3) is 2.76. The molecule has 28 heavy (non-hydrogen) atoms. The Morgan fingerprint density at radius 1 is 1.14 bits per heavy atom. The number of anilines is 1. The first-order valence-corrected chi connectivity index (χ1v) is 9.14. The molecule has 1 atom stereocenters. The van der Waals surface area contributed by atoms with Gasteiger partial charge < -0.3 is 5.32 Å². The van der Waals surface area contributed by atoms with E-state index < -0.39 is 6.04 Å². The molecule has 3 heterocycles. The van der Waals surface area contributed by atoms with Gasteiger partial charge in [-0.1, -0.05) is 24.8 Å². The number of benzene rings is 1. The highest BCUT2D eigenvalue weighted by Gasteiger charge is 2.36. The van der Waals surface area contributed by atoms with Gasteiger partial charge in [0.05, 0.1) is 18.1 Å². The highest BCUT2D eigenvalue weighted by molar-refractivity contribution is 6.12. The molecule has 3 aromatic rings. The predicted molar refractivity (Wildman–Crippen MR) is 108 cm³/mol. The molecule has 7 heteroatoms. The van der Waals surface area contributed by atoms with Gasteiger partial charge in [0.2, 0.25) is 5.91 Å². The fourth-order valence-electron chi connectivity index (χ4n) is 3.46. The van der Waals surface area contributed by atoms with Crippen LogP contribution < -0.4 is 5.32 Å². The van der Waals surface area contributed by atoms with Crippen molar-refractivity contribution in [3.05, 3.63) is 60.4 Å². The maximum Gasteiger partial charge on any atom is 0.259 e. The molecule has 0 aliphatic carbocycles. The maximum absolute atomic E-state index is 12.8. The van der Waals surface area contributed by atoms with Crippen molar-refractivity contribution in [1.82, 2.24) is 19.7 Å². The molecular weight excluding hydrogens is 354 g/mol. The van der Waals surface area contributed by atoms with Crippen LogP contribution in [0, 0.1) is 0 Å². The average molecular weight is 375 g/mol. The van der Waals surface area contributed by atoms with Crippen LogP contribution in [-0.2, 0) is 4.79 Å². The zero-order valence-electron chi connectivity index (χ0n) is 16.0. The Balaban J connectivity index is 1.55. The summed E-state index contributed by atoms with van der Waals surface area (Å²) in [4.78, 5) is 31.4. The average Bonchev–Trinajstić information content (AvgIpc) is 3.21. The Morgan fingerprint density at radius 3 is 2.54 bits per heavy atom. The Hall–Kier alpha value is -3.48. The lowest BCUT2D eigenvalue weighted by molar-refractivity contribution is -0.119. The molecular formula is C21H21N5O2. The van der Waals surface area contributed by atoms with Crippen LogP contribution in [-0.4, -0.2) is 37.5 Å². The number of carbonyl (C=O) groups excluding carboxylic acids is 2. The quantitative estimate of drug-likeness (QED) is 0.757. The van der Waals surface area contributed by atoms with Crippen LogP contribution in [0.4, 0.5) is 5.69 Å². The molecule has 2 aromatic heterocycles. The molecule has 1 unspecified atom stereocenters. The lowest BCUT2D eigenvalue weighted by Crippen LogP contribution is -2.41. The van der Waals surface area contributed by atoms with Gasteiger partial charge in [-0.3, -0.25) is 14.5 Å². The second kappa shape index (κ2) is 6.60. The van der Waals surface area contributed by atoms with E-state index in [1.807, 2.05) is 36.7 Å². The lowest BCUT2D eigenvalue weighted by atomic mass is 10.1. The number of hydrogen-bond donors (Lipinski definition) is 1. The number of aromatic nitrogens is 3. The fourth-order valence-corrected chi connectivity index (χ4v) is 3.46. The van der Waals surface area contributed by atoms with Crippen molar-refractivity contribution in [3.63, 3.8) is 0 Å². The molecule has 0 radical (unpaired) electrons. The van der Waals surface area contributed by atoms with E-state index in [0.717, 1.165) is 16.6 Å². The highest BCUT2D eigenvalue weighted by atomic mass is 16.2. The highest BCUT2D eigenvalue weighted by Crippen LogP contribution is 2.33. The summed E-state index contributed by atoms with van der Waals surface area (Å²) < 4.78 is 1.83. The molecule has 0 saturated heterocycles. The summed E-state index contributed by atoms with van der Waals surface area (Å²) in [6.07, 6.45) is 3.33. The zero-order chi connectivity index (χ0) is 20.0. The van der Waals surface area contributed by atoms with Crippen molar-refractivity contribution in [1.29, 1.82) is 0 Å². The number of amides is 2. The largest absolute Gasteiger partial charge is 0.323 e. The van der Waals surface area contributed by atoms with Crippen LogP contribution in [0.3, 0.4) is 0 Å². The van der Waals surface area contributed by atoms with Crippen LogP contribution in [0.25, 0.3) is 16.7 Å². The second-order valence-corrected chi connectivity index (χ2v) is 7.15. The summed E-state index contributed by atoms with van der Waals surface area (Å²) >= 11 is 0. The Kier molecular flexibility index (Phi) is 4.22. The predicted octanol–water partition coefficient (Wildman–Crippen LogP) is 3.47. The molecule has 0 saturated carbocycles. The number of rotatable bonds is 4. The van der Waals surface area contributed by atoms with E-state index in [1.165, 1.54) is 4.90 Å². The first-order valence-electron chi connectivity index (χ1n) is 9.14. The molecule has 1 aliphatic heterocycles. The summed E-state index contributed by atoms with van der Waals surface area (Å²) in [5.41, 5.74) is 3.18. The molecule has 2 amide bonds. The molecule has 0 fully saturated rings. The molecule has 1 aliphatic rings. The monoisotopic (exact) mass is 375 g/mol. The summed E-state index contributed by atoms with van der Waals surface area (Å²) in [5, 5.41) is 8.02. The van der Waals surface area contributed by atoms with Crippen molar-refractivity contribution in [3.8, 4) is 0 Å². The minimum absolute atomic E-state index is 0.194. The Labute approximate surface area is 162 Å². The molecule has 142 valence electrons. The van der Waals surface area contributed by atoms with Crippen molar-refractivity contribution in [2.24, 2.45) is 0 Å². The van der Waals surface area contributed by atoms with E-state index in [2.05, 4.69) is 22.0 Å². The maximum atomic E-state index is 12.8. The Morgan fingerprint density at radius 2 is 1.86 bits per heavy atom. The van der Waals surface area contributed by atoms with Crippen LogP contribution in [0.15, 0.2) is 49.3 Å². The molecule has 1 N–H and O–H groups in total. The third-order valence-corrected chi connectivity index (χ3v) is 4.93. The number of carbonyl (C=O) groups is 2. The van der Waals surface area contributed by atoms with Crippen LogP contribution in [0.1, 0.15) is 42.7 Å². The van der Waals surface area contributed by atoms with E-state index in [4.69, 9.17) is 0 Å². The molecule has 1 aromatic carbocycles. The summed E-state index contributed by atoms with van der Waals surface area (Å²) in [7, 11) is 0. The van der Waals surface area contributed by atoms with Crippen molar-refractivity contribution in [2.75, 3.05) is 5.32 Å². The van der Waals surface area contributed by atoms with Gasteiger partial charge >= 0.3 is 0 Å². The summed E-state index contributed by atoms with van der Waals surface area (Å²) in [6, 6.07) is 8.55. The minimum Gasteiger partial charge on any atom is -0.323 e. The van der Waals surface area contributed by atoms with Crippen LogP contribution in [0.2, 0.25) is 0 Å². The standard InChI is InChI=1S/C21H21N5O2/c1-12(2)26-19-15(10-23-26)9-16(11-22-19)24-20(27)14(4)25-13(3)17-7-5-6-8-18(17)21(25)28/h5-12,14H,3H2,1-2,4H3,(H,24,27). The van der Waals surface area contributed by atoms with Crippen molar-refractivity contribution < 1.29 is 9.59 Å². The van der Waals surface area contributed by atoms with Gasteiger partial charge in [-0.15, -0.1) is 0 Å². The molecule has 0 spiro atoms. The van der Waals surface area contributed by atoms with Gasteiger partial charge in [-0.2, -0.15) is 5.10 Å². The first kappa shape index (κ1) is 17.9. The number of fused-ring (bicyclic) bond motifs is 2. The number of hydrogen-bond acceptors (Lipinski definition) is 4. The van der Waals surface area contributed by atoms with Gasteiger partial charge in [-0.25, -0.2) is 9.67 Å². The third-order valence-electron chi connectivity index (χ3n) is 4.93. The van der Waals surface area contributed by atoms with E-state index in [0.29, 0.717) is 16.9 Å². The fraction of sp³-hybridized carbons (Fsp3) is 0.238. The molecule has 7 nitrogen and oxygen atoms in total. The number of nitrogens with one attached hydrogen (secondary N) is 1. The first-order chi connectivity index (χ1) is 13.4. The van der Waals surface area contributed by atoms with Gasteiger partial charge in [0.1, 0.15) is 6.04 Å². The van der Waals surface area contributed by atoms with Gasteiger partial charge in [-0.05, 0) is 32.9 Å². The minimum atomic E-state index is -0.707. The number of pyridine rings is 1. The van der Waals surface area contributed by atoms with Gasteiger partial charge in [0.25, 0.3) is 5.91 Å². The van der Waals surface area contributed by atoms with Gasteiger partial charge in [0.15, 0.2) is 5.65 Å². The van der Waals surface area contributed by atoms with E-state index in [9.17, 15) is 9.59 Å². The SMILES string of the molecule is C=C1c2ccccc2C(=O)N1C(C)C(=O)Nc1cnc2c(cnn2C(C)C)c1. The smallest absolute Gasteiger partial charge is 0.259 e. The number of nitrogens with zero attached hydrogens (tertiary/aromatic N) is 4. The van der Waals surface area contributed by atoms with Crippen molar-refractivity contribution in [2.45, 2.75) is 32.9 Å². The van der Waals surface area contributed by atoms with Gasteiger partial charge in [0, 0.05) is 28.3 Å². The van der Waals surface area contributed by atoms with Crippen LogP contribution >= 0.6 is 0 Å². The summed E-state index contributed by atoms with van der Waals surface area (Å²) in [5.74, 6) is -0.519. The topological polar surface area (TPSA) is 80.1 Å².